The summed E-state index contributed by atoms with van der Waals surface area (Å²) in [6.07, 6.45) is -1.26. The molecule has 1 rings (SSSR count). The average molecular weight is 176 g/mol. The van der Waals surface area contributed by atoms with Crippen LogP contribution >= 0.6 is 0 Å². The quantitative estimate of drug-likeness (QED) is 0.340. The Bertz CT molecular complexity index is 165. The van der Waals surface area contributed by atoms with Crippen molar-refractivity contribution in [2.45, 2.75) is 25.6 Å². The van der Waals surface area contributed by atoms with Crippen molar-refractivity contribution in [1.29, 1.82) is 0 Å². The first-order chi connectivity index (χ1) is 5.69. The SMILES string of the molecule is COC(OC)[C@H]1O[C@@H]1OC(C)=O. The van der Waals surface area contributed by atoms with Crippen molar-refractivity contribution < 1.29 is 23.7 Å². The first-order valence-electron chi connectivity index (χ1n) is 3.57. The maximum absolute atomic E-state index is 10.5. The van der Waals surface area contributed by atoms with Crippen molar-refractivity contribution in [1.82, 2.24) is 0 Å². The normalized spacial score (nSPS) is 27.3. The van der Waals surface area contributed by atoms with Crippen LogP contribution in [0.2, 0.25) is 0 Å². The number of epoxide rings is 1. The van der Waals surface area contributed by atoms with Gasteiger partial charge in [-0.1, -0.05) is 0 Å². The van der Waals surface area contributed by atoms with Gasteiger partial charge >= 0.3 is 5.97 Å². The van der Waals surface area contributed by atoms with E-state index in [0.29, 0.717) is 0 Å². The Kier molecular flexibility index (Phi) is 3.02. The Labute approximate surface area is 70.5 Å². The lowest BCUT2D eigenvalue weighted by atomic mass is 10.4. The molecule has 0 aromatic carbocycles. The molecule has 0 radical (unpaired) electrons. The summed E-state index contributed by atoms with van der Waals surface area (Å²) in [5.41, 5.74) is 0. The van der Waals surface area contributed by atoms with Gasteiger partial charge in [-0.3, -0.25) is 4.79 Å². The molecule has 0 aromatic heterocycles. The minimum atomic E-state index is -0.507. The molecule has 12 heavy (non-hydrogen) atoms. The first kappa shape index (κ1) is 9.44. The number of carbonyl (C=O) groups is 1. The van der Waals surface area contributed by atoms with Crippen molar-refractivity contribution >= 4 is 5.97 Å². The van der Waals surface area contributed by atoms with E-state index in [4.69, 9.17) is 18.9 Å². The van der Waals surface area contributed by atoms with Gasteiger partial charge in [-0.05, 0) is 0 Å². The Morgan fingerprint density at radius 2 is 2.00 bits per heavy atom. The predicted molar refractivity (Wildman–Crippen MR) is 38.2 cm³/mol. The highest BCUT2D eigenvalue weighted by atomic mass is 16.8. The van der Waals surface area contributed by atoms with Crippen molar-refractivity contribution in [3.8, 4) is 0 Å². The lowest BCUT2D eigenvalue weighted by Crippen LogP contribution is -2.23. The smallest absolute Gasteiger partial charge is 0.305 e. The van der Waals surface area contributed by atoms with Gasteiger partial charge in [0, 0.05) is 21.1 Å². The highest BCUT2D eigenvalue weighted by molar-refractivity contribution is 5.66. The molecule has 0 aliphatic carbocycles. The summed E-state index contributed by atoms with van der Waals surface area (Å²) in [5.74, 6) is -0.367. The van der Waals surface area contributed by atoms with Crippen LogP contribution in [0.25, 0.3) is 0 Å². The van der Waals surface area contributed by atoms with E-state index < -0.39 is 12.6 Å². The standard InChI is InChI=1S/C7H12O5/c1-4(8)11-7-5(12-7)6(9-2)10-3/h5-7H,1-3H3/t5-,7+/m1/s1. The summed E-state index contributed by atoms with van der Waals surface area (Å²) >= 11 is 0. The summed E-state index contributed by atoms with van der Waals surface area (Å²) in [5, 5.41) is 0. The van der Waals surface area contributed by atoms with Crippen molar-refractivity contribution in [3.05, 3.63) is 0 Å². The molecule has 1 saturated heterocycles. The summed E-state index contributed by atoms with van der Waals surface area (Å²) < 4.78 is 19.5. The molecule has 0 spiro atoms. The van der Waals surface area contributed by atoms with Gasteiger partial charge in [-0.2, -0.15) is 0 Å². The molecule has 0 bridgehead atoms. The summed E-state index contributed by atoms with van der Waals surface area (Å²) in [6, 6.07) is 0. The third kappa shape index (κ3) is 2.17. The largest absolute Gasteiger partial charge is 0.433 e. The van der Waals surface area contributed by atoms with Crippen LogP contribution in [0.1, 0.15) is 6.92 Å². The average Bonchev–Trinajstić information content (AvgIpc) is 2.70. The molecular formula is C7H12O5. The van der Waals surface area contributed by atoms with Gasteiger partial charge in [-0.15, -0.1) is 0 Å². The third-order valence-corrected chi connectivity index (χ3v) is 1.50. The van der Waals surface area contributed by atoms with Gasteiger partial charge in [0.2, 0.25) is 6.29 Å². The van der Waals surface area contributed by atoms with E-state index >= 15 is 0 Å². The molecule has 1 aliphatic rings. The van der Waals surface area contributed by atoms with Crippen molar-refractivity contribution in [2.75, 3.05) is 14.2 Å². The number of rotatable bonds is 4. The van der Waals surface area contributed by atoms with Gasteiger partial charge < -0.3 is 18.9 Å². The van der Waals surface area contributed by atoms with Crippen LogP contribution in [0.5, 0.6) is 0 Å². The molecule has 5 nitrogen and oxygen atoms in total. The second-order valence-corrected chi connectivity index (χ2v) is 2.42. The van der Waals surface area contributed by atoms with Crippen molar-refractivity contribution in [3.63, 3.8) is 0 Å². The Morgan fingerprint density at radius 1 is 1.42 bits per heavy atom. The molecule has 0 unspecified atom stereocenters. The van der Waals surface area contributed by atoms with Crippen LogP contribution in [0.3, 0.4) is 0 Å². The molecule has 0 aromatic rings. The topological polar surface area (TPSA) is 57.3 Å². The molecule has 70 valence electrons. The molecule has 0 amide bonds. The minimum Gasteiger partial charge on any atom is -0.433 e. The van der Waals surface area contributed by atoms with Gasteiger partial charge in [0.05, 0.1) is 0 Å². The van der Waals surface area contributed by atoms with E-state index in [-0.39, 0.29) is 12.1 Å². The molecule has 0 N–H and O–H groups in total. The minimum absolute atomic E-state index is 0.288. The highest BCUT2D eigenvalue weighted by Gasteiger charge is 2.48. The third-order valence-electron chi connectivity index (χ3n) is 1.50. The van der Waals surface area contributed by atoms with Crippen LogP contribution in [-0.4, -0.2) is 38.9 Å². The van der Waals surface area contributed by atoms with E-state index in [1.165, 1.54) is 21.1 Å². The predicted octanol–water partition coefficient (Wildman–Crippen LogP) is -0.107. The fraction of sp³-hybridized carbons (Fsp3) is 0.857. The number of esters is 1. The lowest BCUT2D eigenvalue weighted by molar-refractivity contribution is -0.146. The number of ether oxygens (including phenoxy) is 4. The fourth-order valence-corrected chi connectivity index (χ4v) is 0.925. The van der Waals surface area contributed by atoms with E-state index in [1.54, 1.807) is 0 Å². The lowest BCUT2D eigenvalue weighted by Gasteiger charge is -2.08. The van der Waals surface area contributed by atoms with E-state index in [1.807, 2.05) is 0 Å². The molecule has 1 fully saturated rings. The number of carbonyl (C=O) groups excluding carboxylic acids is 1. The fourth-order valence-electron chi connectivity index (χ4n) is 0.925. The van der Waals surface area contributed by atoms with Crippen molar-refractivity contribution in [2.24, 2.45) is 0 Å². The first-order valence-corrected chi connectivity index (χ1v) is 3.57. The summed E-state index contributed by atoms with van der Waals surface area (Å²) in [4.78, 5) is 10.5. The molecular weight excluding hydrogens is 164 g/mol. The number of hydrogen-bond acceptors (Lipinski definition) is 5. The van der Waals surface area contributed by atoms with Crippen LogP contribution in [0.4, 0.5) is 0 Å². The molecule has 1 aliphatic heterocycles. The number of hydrogen-bond donors (Lipinski definition) is 0. The molecule has 1 heterocycles. The van der Waals surface area contributed by atoms with Gasteiger partial charge in [0.1, 0.15) is 0 Å². The van der Waals surface area contributed by atoms with Crippen LogP contribution in [0.15, 0.2) is 0 Å². The van der Waals surface area contributed by atoms with Crippen LogP contribution in [0, 0.1) is 0 Å². The Hall–Kier alpha value is -0.650. The maximum Gasteiger partial charge on any atom is 0.305 e. The zero-order valence-electron chi connectivity index (χ0n) is 7.27. The van der Waals surface area contributed by atoms with E-state index in [9.17, 15) is 4.79 Å². The number of methoxy groups -OCH3 is 2. The van der Waals surface area contributed by atoms with E-state index in [0.717, 1.165) is 0 Å². The Balaban J connectivity index is 2.26. The highest BCUT2D eigenvalue weighted by Crippen LogP contribution is 2.28. The summed E-state index contributed by atoms with van der Waals surface area (Å²) in [7, 11) is 3.00. The van der Waals surface area contributed by atoms with E-state index in [2.05, 4.69) is 0 Å². The van der Waals surface area contributed by atoms with Gasteiger partial charge in [0.15, 0.2) is 12.4 Å². The van der Waals surface area contributed by atoms with Gasteiger partial charge in [-0.25, -0.2) is 0 Å². The second kappa shape index (κ2) is 3.84. The Morgan fingerprint density at radius 3 is 2.42 bits per heavy atom. The summed E-state index contributed by atoms with van der Waals surface area (Å²) in [6.45, 7) is 1.33. The monoisotopic (exact) mass is 176 g/mol. The van der Waals surface area contributed by atoms with Crippen LogP contribution < -0.4 is 0 Å². The maximum atomic E-state index is 10.5. The molecule has 0 saturated carbocycles. The van der Waals surface area contributed by atoms with Gasteiger partial charge in [0.25, 0.3) is 0 Å². The second-order valence-electron chi connectivity index (χ2n) is 2.42. The molecule has 5 heteroatoms. The molecule has 2 atom stereocenters. The zero-order chi connectivity index (χ0) is 9.14. The van der Waals surface area contributed by atoms with Crippen LogP contribution in [-0.2, 0) is 23.7 Å². The zero-order valence-corrected chi connectivity index (χ0v) is 7.27.